The SMILES string of the molecule is Cc1cc(C(=O)NCc2ccc(F)cc2)nc(Nc2cccc(Cl)c2C)n1. The lowest BCUT2D eigenvalue weighted by Crippen LogP contribution is -2.24. The quantitative estimate of drug-likeness (QED) is 0.676. The van der Waals surface area contributed by atoms with Gasteiger partial charge in [0, 0.05) is 22.9 Å². The number of aryl methyl sites for hydroxylation is 1. The summed E-state index contributed by atoms with van der Waals surface area (Å²) in [5.74, 6) is -0.341. The molecule has 0 aliphatic heterocycles. The van der Waals surface area contributed by atoms with Crippen molar-refractivity contribution in [2.45, 2.75) is 20.4 Å². The van der Waals surface area contributed by atoms with Gasteiger partial charge in [0.1, 0.15) is 11.5 Å². The number of hydrogen-bond donors (Lipinski definition) is 2. The number of carbonyl (C=O) groups is 1. The summed E-state index contributed by atoms with van der Waals surface area (Å²) < 4.78 is 13.0. The molecule has 3 rings (SSSR count). The van der Waals surface area contributed by atoms with Gasteiger partial charge in [-0.2, -0.15) is 0 Å². The van der Waals surface area contributed by atoms with Gasteiger partial charge in [-0.05, 0) is 55.3 Å². The largest absolute Gasteiger partial charge is 0.347 e. The molecule has 2 N–H and O–H groups in total. The first kappa shape index (κ1) is 18.8. The average Bonchev–Trinajstić information content (AvgIpc) is 2.64. The first-order valence-corrected chi connectivity index (χ1v) is 8.70. The van der Waals surface area contributed by atoms with Gasteiger partial charge >= 0.3 is 0 Å². The number of hydrogen-bond acceptors (Lipinski definition) is 4. The van der Waals surface area contributed by atoms with E-state index in [-0.39, 0.29) is 24.0 Å². The van der Waals surface area contributed by atoms with Crippen LogP contribution in [0.2, 0.25) is 5.02 Å². The Labute approximate surface area is 161 Å². The Balaban J connectivity index is 1.75. The van der Waals surface area contributed by atoms with Crippen molar-refractivity contribution < 1.29 is 9.18 Å². The van der Waals surface area contributed by atoms with Crippen LogP contribution in [0.3, 0.4) is 0 Å². The third-order valence-electron chi connectivity index (χ3n) is 3.97. The molecule has 1 aromatic heterocycles. The summed E-state index contributed by atoms with van der Waals surface area (Å²) in [7, 11) is 0. The first-order chi connectivity index (χ1) is 12.9. The van der Waals surface area contributed by atoms with Crippen LogP contribution < -0.4 is 10.6 Å². The minimum absolute atomic E-state index is 0.242. The summed E-state index contributed by atoms with van der Waals surface area (Å²) >= 11 is 6.13. The summed E-state index contributed by atoms with van der Waals surface area (Å²) in [4.78, 5) is 21.1. The molecule has 2 aromatic carbocycles. The average molecular weight is 385 g/mol. The van der Waals surface area contributed by atoms with E-state index in [1.54, 1.807) is 31.2 Å². The smallest absolute Gasteiger partial charge is 0.270 e. The number of anilines is 2. The van der Waals surface area contributed by atoms with E-state index in [4.69, 9.17) is 11.6 Å². The van der Waals surface area contributed by atoms with E-state index in [1.165, 1.54) is 12.1 Å². The molecule has 0 saturated carbocycles. The molecule has 0 fully saturated rings. The molecule has 0 aliphatic carbocycles. The van der Waals surface area contributed by atoms with Crippen LogP contribution in [0.25, 0.3) is 0 Å². The second-order valence-corrected chi connectivity index (χ2v) is 6.47. The third kappa shape index (κ3) is 4.80. The van der Waals surface area contributed by atoms with E-state index >= 15 is 0 Å². The number of rotatable bonds is 5. The van der Waals surface area contributed by atoms with Crippen LogP contribution in [0.4, 0.5) is 16.0 Å². The van der Waals surface area contributed by atoms with Crippen molar-refractivity contribution in [3.8, 4) is 0 Å². The minimum Gasteiger partial charge on any atom is -0.347 e. The molecule has 0 aliphatic rings. The van der Waals surface area contributed by atoms with Crippen molar-refractivity contribution in [3.63, 3.8) is 0 Å². The predicted molar refractivity (Wildman–Crippen MR) is 104 cm³/mol. The van der Waals surface area contributed by atoms with Gasteiger partial charge < -0.3 is 10.6 Å². The number of amides is 1. The molecule has 0 spiro atoms. The Bertz CT molecular complexity index is 976. The number of nitrogens with zero attached hydrogens (tertiary/aromatic N) is 2. The second-order valence-electron chi connectivity index (χ2n) is 6.06. The fraction of sp³-hybridized carbons (Fsp3) is 0.150. The molecule has 0 unspecified atom stereocenters. The van der Waals surface area contributed by atoms with Crippen LogP contribution in [0.1, 0.15) is 27.3 Å². The third-order valence-corrected chi connectivity index (χ3v) is 4.38. The molecule has 0 atom stereocenters. The summed E-state index contributed by atoms with van der Waals surface area (Å²) in [6.07, 6.45) is 0. The number of carbonyl (C=O) groups excluding carboxylic acids is 1. The second kappa shape index (κ2) is 8.14. The normalized spacial score (nSPS) is 10.5. The molecule has 0 saturated heterocycles. The molecule has 3 aromatic rings. The van der Waals surface area contributed by atoms with E-state index in [9.17, 15) is 9.18 Å². The monoisotopic (exact) mass is 384 g/mol. The zero-order valence-corrected chi connectivity index (χ0v) is 15.6. The highest BCUT2D eigenvalue weighted by atomic mass is 35.5. The van der Waals surface area contributed by atoms with Crippen molar-refractivity contribution in [1.82, 2.24) is 15.3 Å². The first-order valence-electron chi connectivity index (χ1n) is 8.33. The molecule has 0 bridgehead atoms. The van der Waals surface area contributed by atoms with Gasteiger partial charge in [-0.1, -0.05) is 29.8 Å². The fourth-order valence-corrected chi connectivity index (χ4v) is 2.65. The van der Waals surface area contributed by atoms with Crippen LogP contribution >= 0.6 is 11.6 Å². The van der Waals surface area contributed by atoms with Crippen molar-refractivity contribution in [2.75, 3.05) is 5.32 Å². The Hall–Kier alpha value is -2.99. The van der Waals surface area contributed by atoms with Crippen LogP contribution in [0.5, 0.6) is 0 Å². The molecule has 5 nitrogen and oxygen atoms in total. The number of benzene rings is 2. The molecule has 1 heterocycles. The highest BCUT2D eigenvalue weighted by molar-refractivity contribution is 6.31. The van der Waals surface area contributed by atoms with E-state index in [1.807, 2.05) is 19.1 Å². The van der Waals surface area contributed by atoms with Crippen LogP contribution in [0, 0.1) is 19.7 Å². The van der Waals surface area contributed by atoms with Crippen molar-refractivity contribution >= 4 is 29.1 Å². The zero-order chi connectivity index (χ0) is 19.4. The Kier molecular flexibility index (Phi) is 5.66. The minimum atomic E-state index is -0.337. The van der Waals surface area contributed by atoms with Gasteiger partial charge in [0.15, 0.2) is 0 Å². The van der Waals surface area contributed by atoms with Crippen LogP contribution in [-0.2, 0) is 6.54 Å². The van der Waals surface area contributed by atoms with Crippen molar-refractivity contribution in [1.29, 1.82) is 0 Å². The topological polar surface area (TPSA) is 66.9 Å². The zero-order valence-electron chi connectivity index (χ0n) is 14.9. The van der Waals surface area contributed by atoms with Gasteiger partial charge in [-0.15, -0.1) is 0 Å². The summed E-state index contributed by atoms with van der Waals surface area (Å²) in [6, 6.07) is 13.0. The van der Waals surface area contributed by atoms with Gasteiger partial charge in [0.25, 0.3) is 5.91 Å². The van der Waals surface area contributed by atoms with E-state index in [0.717, 1.165) is 16.8 Å². The van der Waals surface area contributed by atoms with Gasteiger partial charge in [-0.3, -0.25) is 4.79 Å². The maximum absolute atomic E-state index is 13.0. The Morgan fingerprint density at radius 2 is 1.85 bits per heavy atom. The highest BCUT2D eigenvalue weighted by Crippen LogP contribution is 2.25. The summed E-state index contributed by atoms with van der Waals surface area (Å²) in [5, 5.41) is 6.50. The molecule has 0 radical (unpaired) electrons. The molecule has 27 heavy (non-hydrogen) atoms. The van der Waals surface area contributed by atoms with Crippen molar-refractivity contribution in [2.24, 2.45) is 0 Å². The Morgan fingerprint density at radius 1 is 1.11 bits per heavy atom. The summed E-state index contributed by atoms with van der Waals surface area (Å²) in [6.45, 7) is 3.95. The van der Waals surface area contributed by atoms with Crippen LogP contribution in [0.15, 0.2) is 48.5 Å². The van der Waals surface area contributed by atoms with E-state index in [0.29, 0.717) is 16.7 Å². The number of halogens is 2. The standard InChI is InChI=1S/C20H18ClFN4O/c1-12-10-18(19(27)23-11-14-6-8-15(22)9-7-14)26-20(24-12)25-17-5-3-4-16(21)13(17)2/h3-10H,11H2,1-2H3,(H,23,27)(H,24,25,26). The fourth-order valence-electron chi connectivity index (χ4n) is 2.48. The molecule has 7 heteroatoms. The summed E-state index contributed by atoms with van der Waals surface area (Å²) in [5.41, 5.74) is 3.33. The maximum atomic E-state index is 13.0. The van der Waals surface area contributed by atoms with Crippen LogP contribution in [-0.4, -0.2) is 15.9 Å². The van der Waals surface area contributed by atoms with E-state index in [2.05, 4.69) is 20.6 Å². The lowest BCUT2D eigenvalue weighted by molar-refractivity contribution is 0.0945. The Morgan fingerprint density at radius 3 is 2.59 bits per heavy atom. The predicted octanol–water partition coefficient (Wildman–Crippen LogP) is 4.56. The molecular weight excluding hydrogens is 367 g/mol. The number of nitrogens with one attached hydrogen (secondary N) is 2. The van der Waals surface area contributed by atoms with E-state index < -0.39 is 0 Å². The van der Waals surface area contributed by atoms with Gasteiger partial charge in [-0.25, -0.2) is 14.4 Å². The number of aromatic nitrogens is 2. The molecule has 138 valence electrons. The van der Waals surface area contributed by atoms with Gasteiger partial charge in [0.2, 0.25) is 5.95 Å². The lowest BCUT2D eigenvalue weighted by atomic mass is 10.2. The lowest BCUT2D eigenvalue weighted by Gasteiger charge is -2.11. The molecular formula is C20H18ClFN4O. The molecule has 1 amide bonds. The van der Waals surface area contributed by atoms with Gasteiger partial charge in [0.05, 0.1) is 0 Å². The van der Waals surface area contributed by atoms with Crippen molar-refractivity contribution in [3.05, 3.63) is 81.9 Å². The highest BCUT2D eigenvalue weighted by Gasteiger charge is 2.12. The maximum Gasteiger partial charge on any atom is 0.270 e.